The number of amides is 1. The predicted octanol–water partition coefficient (Wildman–Crippen LogP) is 0.999. The monoisotopic (exact) mass is 365 g/mol. The second kappa shape index (κ2) is 7.68. The summed E-state index contributed by atoms with van der Waals surface area (Å²) in [7, 11) is -3.06. The van der Waals surface area contributed by atoms with Crippen molar-refractivity contribution in [3.05, 3.63) is 0 Å². The van der Waals surface area contributed by atoms with Crippen LogP contribution in [0.4, 0.5) is 0 Å². The minimum absolute atomic E-state index is 0. The van der Waals surface area contributed by atoms with Gasteiger partial charge in [-0.15, -0.1) is 12.4 Å². The Hall–Kier alpha value is -0.370. The lowest BCUT2D eigenvalue weighted by atomic mass is 9.85. The van der Waals surface area contributed by atoms with Crippen LogP contribution < -0.4 is 11.1 Å². The van der Waals surface area contributed by atoms with Crippen molar-refractivity contribution >= 4 is 28.3 Å². The predicted molar refractivity (Wildman–Crippen MR) is 91.9 cm³/mol. The number of nitrogens with one attached hydrogen (secondary N) is 1. The molecule has 3 aliphatic rings. The third-order valence-electron chi connectivity index (χ3n) is 5.19. The maximum Gasteiger partial charge on any atom is 0.223 e. The lowest BCUT2D eigenvalue weighted by molar-refractivity contribution is -0.127. The Kier molecular flexibility index (Phi) is 6.33. The van der Waals surface area contributed by atoms with Crippen molar-refractivity contribution in [1.82, 2.24) is 9.62 Å². The number of hydrogen-bond acceptors (Lipinski definition) is 4. The normalized spacial score (nSPS) is 30.5. The van der Waals surface area contributed by atoms with Crippen molar-refractivity contribution in [3.8, 4) is 0 Å². The van der Waals surface area contributed by atoms with Gasteiger partial charge >= 0.3 is 0 Å². The SMILES string of the molecule is Cl.NC1CCCC(C(=O)NC2CCN(S(=O)(=O)C3CC3)CC2)C1. The second-order valence-corrected chi connectivity index (χ2v) is 9.26. The highest BCUT2D eigenvalue weighted by molar-refractivity contribution is 7.90. The highest BCUT2D eigenvalue weighted by atomic mass is 35.5. The van der Waals surface area contributed by atoms with Gasteiger partial charge in [-0.25, -0.2) is 12.7 Å². The van der Waals surface area contributed by atoms with Crippen molar-refractivity contribution in [1.29, 1.82) is 0 Å². The fourth-order valence-electron chi connectivity index (χ4n) is 3.62. The second-order valence-electron chi connectivity index (χ2n) is 7.05. The molecule has 8 heteroatoms. The Morgan fingerprint density at radius 2 is 1.70 bits per heavy atom. The van der Waals surface area contributed by atoms with Crippen LogP contribution in [0.25, 0.3) is 0 Å². The molecular formula is C15H28ClN3O3S. The van der Waals surface area contributed by atoms with Crippen LogP contribution in [0.2, 0.25) is 0 Å². The molecule has 3 rings (SSSR count). The van der Waals surface area contributed by atoms with Crippen molar-refractivity contribution in [3.63, 3.8) is 0 Å². The first-order valence-corrected chi connectivity index (χ1v) is 10.0. The van der Waals surface area contributed by atoms with E-state index in [-0.39, 0.29) is 41.6 Å². The lowest BCUT2D eigenvalue weighted by Gasteiger charge is -2.33. The van der Waals surface area contributed by atoms with Crippen LogP contribution in [0.1, 0.15) is 51.4 Å². The van der Waals surface area contributed by atoms with E-state index < -0.39 is 10.0 Å². The van der Waals surface area contributed by atoms with Gasteiger partial charge in [-0.1, -0.05) is 6.42 Å². The van der Waals surface area contributed by atoms with Gasteiger partial charge in [0.05, 0.1) is 5.25 Å². The topological polar surface area (TPSA) is 92.5 Å². The summed E-state index contributed by atoms with van der Waals surface area (Å²) in [6.45, 7) is 1.07. The molecule has 0 spiro atoms. The smallest absolute Gasteiger partial charge is 0.223 e. The molecule has 0 bridgehead atoms. The molecule has 2 aliphatic carbocycles. The van der Waals surface area contributed by atoms with E-state index in [4.69, 9.17) is 5.73 Å². The summed E-state index contributed by atoms with van der Waals surface area (Å²) >= 11 is 0. The summed E-state index contributed by atoms with van der Waals surface area (Å²) in [6.07, 6.45) is 6.79. The molecule has 2 unspecified atom stereocenters. The number of halogens is 1. The van der Waals surface area contributed by atoms with Crippen LogP contribution in [0.3, 0.4) is 0 Å². The van der Waals surface area contributed by atoms with E-state index in [9.17, 15) is 13.2 Å². The van der Waals surface area contributed by atoms with Crippen LogP contribution in [-0.2, 0) is 14.8 Å². The summed E-state index contributed by atoms with van der Waals surface area (Å²) in [6, 6.07) is 0.256. The third-order valence-corrected chi connectivity index (χ3v) is 7.59. The fraction of sp³-hybridized carbons (Fsp3) is 0.933. The van der Waals surface area contributed by atoms with Crippen LogP contribution >= 0.6 is 12.4 Å². The van der Waals surface area contributed by atoms with Crippen molar-refractivity contribution in [2.45, 2.75) is 68.7 Å². The number of carbonyl (C=O) groups excluding carboxylic acids is 1. The Morgan fingerprint density at radius 3 is 2.26 bits per heavy atom. The largest absolute Gasteiger partial charge is 0.353 e. The van der Waals surface area contributed by atoms with Gasteiger partial charge < -0.3 is 11.1 Å². The van der Waals surface area contributed by atoms with Gasteiger partial charge in [0.25, 0.3) is 0 Å². The summed E-state index contributed by atoms with van der Waals surface area (Å²) in [5.41, 5.74) is 5.94. The Labute approximate surface area is 145 Å². The molecule has 134 valence electrons. The first kappa shape index (κ1) is 19.0. The molecule has 1 aliphatic heterocycles. The molecule has 23 heavy (non-hydrogen) atoms. The van der Waals surface area contributed by atoms with Crippen LogP contribution in [-0.4, -0.2) is 49.1 Å². The maximum atomic E-state index is 12.3. The zero-order valence-electron chi connectivity index (χ0n) is 13.4. The number of carbonyl (C=O) groups is 1. The molecule has 0 aromatic carbocycles. The van der Waals surface area contributed by atoms with Crippen LogP contribution in [0, 0.1) is 5.92 Å². The molecule has 2 saturated carbocycles. The van der Waals surface area contributed by atoms with E-state index in [1.807, 2.05) is 0 Å². The lowest BCUT2D eigenvalue weighted by Crippen LogP contribution is -2.49. The first-order valence-electron chi connectivity index (χ1n) is 8.51. The van der Waals surface area contributed by atoms with E-state index >= 15 is 0 Å². The number of nitrogens with zero attached hydrogens (tertiary/aromatic N) is 1. The third kappa shape index (κ3) is 4.59. The Bertz CT molecular complexity index is 516. The van der Waals surface area contributed by atoms with Crippen molar-refractivity contribution in [2.24, 2.45) is 11.7 Å². The molecule has 1 saturated heterocycles. The van der Waals surface area contributed by atoms with E-state index in [2.05, 4.69) is 5.32 Å². The van der Waals surface area contributed by atoms with Gasteiger partial charge in [0.1, 0.15) is 0 Å². The summed E-state index contributed by atoms with van der Waals surface area (Å²) in [5.74, 6) is 0.149. The summed E-state index contributed by atoms with van der Waals surface area (Å²) in [4.78, 5) is 12.3. The van der Waals surface area contributed by atoms with Crippen molar-refractivity contribution < 1.29 is 13.2 Å². The van der Waals surface area contributed by atoms with Crippen LogP contribution in [0.5, 0.6) is 0 Å². The maximum absolute atomic E-state index is 12.3. The fourth-order valence-corrected chi connectivity index (χ4v) is 5.49. The molecule has 0 aromatic heterocycles. The summed E-state index contributed by atoms with van der Waals surface area (Å²) in [5, 5.41) is 2.97. The molecule has 3 N–H and O–H groups in total. The van der Waals surface area contributed by atoms with Crippen molar-refractivity contribution in [2.75, 3.05) is 13.1 Å². The zero-order chi connectivity index (χ0) is 15.7. The van der Waals surface area contributed by atoms with E-state index in [1.54, 1.807) is 4.31 Å². The first-order chi connectivity index (χ1) is 10.5. The highest BCUT2D eigenvalue weighted by Crippen LogP contribution is 2.32. The van der Waals surface area contributed by atoms with Gasteiger partial charge in [-0.05, 0) is 44.9 Å². The Balaban J connectivity index is 0.00000192. The molecule has 1 heterocycles. The van der Waals surface area contributed by atoms with Gasteiger partial charge in [0, 0.05) is 31.1 Å². The van der Waals surface area contributed by atoms with Gasteiger partial charge in [0.2, 0.25) is 15.9 Å². The molecular weight excluding hydrogens is 338 g/mol. The molecule has 2 atom stereocenters. The van der Waals surface area contributed by atoms with Crippen LogP contribution in [0.15, 0.2) is 0 Å². The number of piperidine rings is 1. The molecule has 3 fully saturated rings. The van der Waals surface area contributed by atoms with E-state index in [1.165, 1.54) is 0 Å². The number of rotatable bonds is 4. The number of hydrogen-bond donors (Lipinski definition) is 2. The Morgan fingerprint density at radius 1 is 1.04 bits per heavy atom. The average Bonchev–Trinajstić information content (AvgIpc) is 3.33. The zero-order valence-corrected chi connectivity index (χ0v) is 15.1. The van der Waals surface area contributed by atoms with Gasteiger partial charge in [-0.2, -0.15) is 0 Å². The van der Waals surface area contributed by atoms with Gasteiger partial charge in [-0.3, -0.25) is 4.79 Å². The number of sulfonamides is 1. The molecule has 1 amide bonds. The molecule has 0 radical (unpaired) electrons. The standard InChI is InChI=1S/C15H27N3O3S.ClH/c16-12-3-1-2-11(10-12)15(19)17-13-6-8-18(9-7-13)22(20,21)14-4-5-14;/h11-14H,1-10,16H2,(H,17,19);1H. The molecule has 6 nitrogen and oxygen atoms in total. The van der Waals surface area contributed by atoms with E-state index in [0.717, 1.165) is 51.4 Å². The molecule has 0 aromatic rings. The van der Waals surface area contributed by atoms with E-state index in [0.29, 0.717) is 13.1 Å². The number of nitrogens with two attached hydrogens (primary N) is 1. The quantitative estimate of drug-likeness (QED) is 0.777. The minimum Gasteiger partial charge on any atom is -0.353 e. The van der Waals surface area contributed by atoms with Gasteiger partial charge in [0.15, 0.2) is 0 Å². The highest BCUT2D eigenvalue weighted by Gasteiger charge is 2.41. The average molecular weight is 366 g/mol. The minimum atomic E-state index is -3.06. The summed E-state index contributed by atoms with van der Waals surface area (Å²) < 4.78 is 26.0.